The molecule has 132 valence electrons. The molecule has 0 bridgehead atoms. The molecule has 1 heterocycles. The van der Waals surface area contributed by atoms with Crippen LogP contribution in [0.5, 0.6) is 0 Å². The molecule has 0 aromatic heterocycles. The second kappa shape index (κ2) is 8.02. The third kappa shape index (κ3) is 4.97. The first-order valence-corrected chi connectivity index (χ1v) is 17.0. The van der Waals surface area contributed by atoms with Crippen LogP contribution in [-0.2, 0) is 18.0 Å². The van der Waals surface area contributed by atoms with Crippen LogP contribution in [0, 0.1) is 0 Å². The van der Waals surface area contributed by atoms with E-state index in [9.17, 15) is 0 Å². The van der Waals surface area contributed by atoms with E-state index in [1.54, 1.807) is 7.11 Å². The van der Waals surface area contributed by atoms with Gasteiger partial charge in [0.25, 0.3) is 0 Å². The lowest BCUT2D eigenvalue weighted by Gasteiger charge is -2.52. The van der Waals surface area contributed by atoms with E-state index < -0.39 is 25.3 Å². The Morgan fingerprint density at radius 2 is 1.41 bits per heavy atom. The highest BCUT2D eigenvalue weighted by molar-refractivity contribution is 6.91. The standard InChI is InChI=1S/C14H35NO4Si3/c1-9-14(15(20(3,4)5)21(6,7)8)22(16-2)18-12-10-17-11-13-19-22/h14H,9-13H2,1-8H3. The predicted octanol–water partition coefficient (Wildman–Crippen LogP) is 2.92. The third-order valence-electron chi connectivity index (χ3n) is 3.90. The van der Waals surface area contributed by atoms with Crippen molar-refractivity contribution in [2.24, 2.45) is 0 Å². The van der Waals surface area contributed by atoms with Gasteiger partial charge in [-0.15, -0.1) is 0 Å². The minimum absolute atomic E-state index is 0.244. The van der Waals surface area contributed by atoms with Crippen LogP contribution in [0.25, 0.3) is 0 Å². The van der Waals surface area contributed by atoms with Gasteiger partial charge < -0.3 is 22.2 Å². The fourth-order valence-electron chi connectivity index (χ4n) is 3.61. The summed E-state index contributed by atoms with van der Waals surface area (Å²) in [6, 6.07) is 0. The summed E-state index contributed by atoms with van der Waals surface area (Å²) in [6.45, 7) is 19.1. The van der Waals surface area contributed by atoms with Crippen LogP contribution in [-0.4, -0.2) is 68.7 Å². The highest BCUT2D eigenvalue weighted by atomic mass is 28.4. The largest absolute Gasteiger partial charge is 0.517 e. The first-order valence-electron chi connectivity index (χ1n) is 8.28. The van der Waals surface area contributed by atoms with Gasteiger partial charge >= 0.3 is 8.80 Å². The van der Waals surface area contributed by atoms with Crippen molar-refractivity contribution >= 4 is 25.3 Å². The van der Waals surface area contributed by atoms with Crippen LogP contribution in [0.1, 0.15) is 13.3 Å². The van der Waals surface area contributed by atoms with E-state index in [0.717, 1.165) is 6.42 Å². The SMILES string of the molecule is CCC(N([Si](C)(C)C)[Si](C)(C)C)[Si]1(OC)OCCOCCO1. The molecule has 1 atom stereocenters. The fourth-order valence-corrected chi connectivity index (χ4v) is 19.7. The number of hydrogen-bond donors (Lipinski definition) is 0. The Morgan fingerprint density at radius 1 is 0.955 bits per heavy atom. The number of hydrogen-bond acceptors (Lipinski definition) is 5. The van der Waals surface area contributed by atoms with Gasteiger partial charge in [0.2, 0.25) is 0 Å². The van der Waals surface area contributed by atoms with Gasteiger partial charge in [-0.05, 0) is 6.42 Å². The Labute approximate surface area is 139 Å². The molecule has 1 rings (SSSR count). The van der Waals surface area contributed by atoms with Gasteiger partial charge in [-0.3, -0.25) is 0 Å². The van der Waals surface area contributed by atoms with Gasteiger partial charge in [-0.1, -0.05) is 46.2 Å². The smallest absolute Gasteiger partial charge is 0.377 e. The Bertz CT molecular complexity index is 322. The molecule has 0 spiro atoms. The van der Waals surface area contributed by atoms with Gasteiger partial charge in [-0.25, -0.2) is 0 Å². The first kappa shape index (κ1) is 20.5. The van der Waals surface area contributed by atoms with E-state index in [2.05, 4.69) is 50.4 Å². The molecule has 0 aromatic rings. The lowest BCUT2D eigenvalue weighted by atomic mass is 10.5. The lowest BCUT2D eigenvalue weighted by molar-refractivity contribution is -0.0183. The average molecular weight is 366 g/mol. The van der Waals surface area contributed by atoms with Crippen LogP contribution in [0.4, 0.5) is 0 Å². The molecule has 0 saturated carbocycles. The van der Waals surface area contributed by atoms with E-state index in [-0.39, 0.29) is 5.67 Å². The fraction of sp³-hybridized carbons (Fsp3) is 1.00. The van der Waals surface area contributed by atoms with Crippen LogP contribution < -0.4 is 0 Å². The highest BCUT2D eigenvalue weighted by Gasteiger charge is 2.55. The quantitative estimate of drug-likeness (QED) is 0.677. The number of ether oxygens (including phenoxy) is 1. The minimum atomic E-state index is -2.74. The van der Waals surface area contributed by atoms with E-state index in [1.807, 2.05) is 0 Å². The lowest BCUT2D eigenvalue weighted by Crippen LogP contribution is -2.73. The monoisotopic (exact) mass is 365 g/mol. The maximum absolute atomic E-state index is 6.22. The van der Waals surface area contributed by atoms with Crippen molar-refractivity contribution in [2.45, 2.75) is 58.3 Å². The Hall–Kier alpha value is 0.451. The van der Waals surface area contributed by atoms with Crippen LogP contribution in [0.3, 0.4) is 0 Å². The van der Waals surface area contributed by atoms with Gasteiger partial charge in [0.05, 0.1) is 32.1 Å². The molecule has 0 aliphatic carbocycles. The molecule has 0 radical (unpaired) electrons. The van der Waals surface area contributed by atoms with Gasteiger partial charge in [0, 0.05) is 7.11 Å². The average Bonchev–Trinajstić information content (AvgIpc) is 2.34. The highest BCUT2D eigenvalue weighted by Crippen LogP contribution is 2.31. The summed E-state index contributed by atoms with van der Waals surface area (Å²) in [7, 11) is -4.03. The molecule has 5 nitrogen and oxygen atoms in total. The zero-order valence-corrected chi connectivity index (χ0v) is 18.7. The van der Waals surface area contributed by atoms with Crippen molar-refractivity contribution in [1.82, 2.24) is 4.23 Å². The molecule has 22 heavy (non-hydrogen) atoms. The van der Waals surface area contributed by atoms with Crippen molar-refractivity contribution in [3.05, 3.63) is 0 Å². The van der Waals surface area contributed by atoms with E-state index in [1.165, 1.54) is 0 Å². The van der Waals surface area contributed by atoms with E-state index >= 15 is 0 Å². The molecule has 1 unspecified atom stereocenters. The van der Waals surface area contributed by atoms with Crippen LogP contribution in [0.2, 0.25) is 39.3 Å². The summed E-state index contributed by atoms with van der Waals surface area (Å²) in [5.41, 5.74) is 0.244. The molecule has 1 fully saturated rings. The maximum atomic E-state index is 6.22. The molecular weight excluding hydrogens is 330 g/mol. The first-order chi connectivity index (χ1) is 10.1. The Morgan fingerprint density at radius 3 is 1.73 bits per heavy atom. The minimum Gasteiger partial charge on any atom is -0.377 e. The zero-order valence-electron chi connectivity index (χ0n) is 15.7. The van der Waals surface area contributed by atoms with Gasteiger partial charge in [-0.2, -0.15) is 0 Å². The summed E-state index contributed by atoms with van der Waals surface area (Å²) in [5.74, 6) is 0. The second-order valence-corrected chi connectivity index (χ2v) is 20.7. The summed E-state index contributed by atoms with van der Waals surface area (Å²) < 4.78 is 26.6. The molecular formula is C14H35NO4Si3. The molecule has 0 N–H and O–H groups in total. The van der Waals surface area contributed by atoms with Crippen molar-refractivity contribution in [3.8, 4) is 0 Å². The van der Waals surface area contributed by atoms with Crippen molar-refractivity contribution in [2.75, 3.05) is 33.5 Å². The zero-order chi connectivity index (χ0) is 17.0. The predicted molar refractivity (Wildman–Crippen MR) is 98.1 cm³/mol. The molecule has 1 aliphatic heterocycles. The molecule has 0 aromatic carbocycles. The summed E-state index contributed by atoms with van der Waals surface area (Å²) in [5, 5.41) is 0. The molecule has 1 saturated heterocycles. The van der Waals surface area contributed by atoms with Crippen LogP contribution in [0.15, 0.2) is 0 Å². The van der Waals surface area contributed by atoms with Crippen molar-refractivity contribution in [1.29, 1.82) is 0 Å². The summed E-state index contributed by atoms with van der Waals surface area (Å²) >= 11 is 0. The second-order valence-electron chi connectivity index (χ2n) is 7.75. The Kier molecular flexibility index (Phi) is 7.47. The van der Waals surface area contributed by atoms with Crippen molar-refractivity contribution in [3.63, 3.8) is 0 Å². The number of nitrogens with zero attached hydrogens (tertiary/aromatic N) is 1. The van der Waals surface area contributed by atoms with Gasteiger partial charge in [0.15, 0.2) is 0 Å². The summed E-state index contributed by atoms with van der Waals surface area (Å²) in [6.07, 6.45) is 0.995. The van der Waals surface area contributed by atoms with E-state index in [0.29, 0.717) is 26.4 Å². The van der Waals surface area contributed by atoms with E-state index in [4.69, 9.17) is 18.0 Å². The molecule has 0 amide bonds. The molecule has 1 aliphatic rings. The topological polar surface area (TPSA) is 40.2 Å². The van der Waals surface area contributed by atoms with Crippen LogP contribution >= 0.6 is 0 Å². The number of rotatable bonds is 6. The third-order valence-corrected chi connectivity index (χ3v) is 15.2. The Balaban J connectivity index is 3.21. The van der Waals surface area contributed by atoms with Gasteiger partial charge in [0.1, 0.15) is 16.5 Å². The normalized spacial score (nSPS) is 22.2. The molecule has 8 heteroatoms. The summed E-state index contributed by atoms with van der Waals surface area (Å²) in [4.78, 5) is 0. The van der Waals surface area contributed by atoms with Crippen molar-refractivity contribution < 1.29 is 18.0 Å². The maximum Gasteiger partial charge on any atom is 0.517 e.